The van der Waals surface area contributed by atoms with E-state index >= 15 is 0 Å². The first-order valence-electron chi connectivity index (χ1n) is 8.09. The van der Waals surface area contributed by atoms with Gasteiger partial charge in [-0.25, -0.2) is 0 Å². The number of carbonyl (C=O) groups excluding carboxylic acids is 2. The highest BCUT2D eigenvalue weighted by Crippen LogP contribution is 2.18. The molecule has 5 heteroatoms. The Hall–Kier alpha value is -1.88. The molecule has 0 aromatic heterocycles. The Kier molecular flexibility index (Phi) is 5.42. The van der Waals surface area contributed by atoms with Gasteiger partial charge in [0.15, 0.2) is 0 Å². The first kappa shape index (κ1) is 17.5. The average molecular weight is 317 g/mol. The van der Waals surface area contributed by atoms with Gasteiger partial charge in [-0.3, -0.25) is 14.5 Å². The third-order valence-electron chi connectivity index (χ3n) is 3.89. The maximum atomic E-state index is 12.3. The topological polar surface area (TPSA) is 52.7 Å². The fraction of sp³-hybridized carbons (Fsp3) is 0.556. The van der Waals surface area contributed by atoms with Crippen molar-refractivity contribution < 1.29 is 9.59 Å². The average Bonchev–Trinajstić information content (AvgIpc) is 2.45. The van der Waals surface area contributed by atoms with E-state index < -0.39 is 0 Å². The Labute approximate surface area is 138 Å². The molecule has 0 spiro atoms. The van der Waals surface area contributed by atoms with Crippen LogP contribution in [-0.4, -0.2) is 53.8 Å². The summed E-state index contributed by atoms with van der Waals surface area (Å²) in [6.07, 6.45) is 0.970. The van der Waals surface area contributed by atoms with Crippen molar-refractivity contribution in [3.63, 3.8) is 0 Å². The summed E-state index contributed by atoms with van der Waals surface area (Å²) in [4.78, 5) is 27.9. The van der Waals surface area contributed by atoms with Gasteiger partial charge in [-0.2, -0.15) is 0 Å². The highest BCUT2D eigenvalue weighted by atomic mass is 16.2. The molecule has 2 amide bonds. The standard InChI is InChI=1S/C18H27N3O2/c1-18(2,3)19-16(22)12-20(4)17(23)13-21-10-9-14-7-5-6-8-15(14)11-21/h5-8H,9-13H2,1-4H3,(H,19,22). The van der Waals surface area contributed by atoms with Gasteiger partial charge in [-0.1, -0.05) is 24.3 Å². The summed E-state index contributed by atoms with van der Waals surface area (Å²) >= 11 is 0. The van der Waals surface area contributed by atoms with Crippen LogP contribution in [0.2, 0.25) is 0 Å². The van der Waals surface area contributed by atoms with E-state index in [1.54, 1.807) is 7.05 Å². The molecule has 0 fully saturated rings. The minimum atomic E-state index is -0.280. The fourth-order valence-corrected chi connectivity index (χ4v) is 2.76. The lowest BCUT2D eigenvalue weighted by Gasteiger charge is -2.30. The van der Waals surface area contributed by atoms with Crippen molar-refractivity contribution in [2.75, 3.05) is 26.7 Å². The minimum Gasteiger partial charge on any atom is -0.350 e. The second kappa shape index (κ2) is 7.13. The third-order valence-corrected chi connectivity index (χ3v) is 3.89. The molecule has 5 nitrogen and oxygen atoms in total. The minimum absolute atomic E-state index is 0.0200. The number of hydrogen-bond donors (Lipinski definition) is 1. The molecular weight excluding hydrogens is 290 g/mol. The Balaban J connectivity index is 1.84. The molecule has 0 radical (unpaired) electrons. The summed E-state index contributed by atoms with van der Waals surface area (Å²) < 4.78 is 0. The van der Waals surface area contributed by atoms with Crippen LogP contribution in [0.15, 0.2) is 24.3 Å². The van der Waals surface area contributed by atoms with Crippen LogP contribution in [0.1, 0.15) is 31.9 Å². The lowest BCUT2D eigenvalue weighted by Crippen LogP contribution is -2.48. The van der Waals surface area contributed by atoms with Crippen molar-refractivity contribution in [2.24, 2.45) is 0 Å². The van der Waals surface area contributed by atoms with Crippen molar-refractivity contribution in [1.29, 1.82) is 0 Å². The summed E-state index contributed by atoms with van der Waals surface area (Å²) in [6, 6.07) is 8.36. The van der Waals surface area contributed by atoms with E-state index in [0.717, 1.165) is 19.5 Å². The first-order valence-corrected chi connectivity index (χ1v) is 8.09. The number of benzene rings is 1. The van der Waals surface area contributed by atoms with E-state index in [4.69, 9.17) is 0 Å². The molecule has 1 aromatic carbocycles. The van der Waals surface area contributed by atoms with Gasteiger partial charge in [0.25, 0.3) is 0 Å². The van der Waals surface area contributed by atoms with E-state index in [0.29, 0.717) is 6.54 Å². The Morgan fingerprint density at radius 1 is 1.22 bits per heavy atom. The van der Waals surface area contributed by atoms with E-state index in [1.165, 1.54) is 16.0 Å². The Bertz CT molecular complexity index is 578. The first-order chi connectivity index (χ1) is 10.7. The van der Waals surface area contributed by atoms with Crippen molar-refractivity contribution in [1.82, 2.24) is 15.1 Å². The largest absolute Gasteiger partial charge is 0.350 e. The van der Waals surface area contributed by atoms with Crippen molar-refractivity contribution >= 4 is 11.8 Å². The highest BCUT2D eigenvalue weighted by molar-refractivity contribution is 5.85. The zero-order valence-electron chi connectivity index (χ0n) is 14.6. The van der Waals surface area contributed by atoms with Gasteiger partial charge in [0.1, 0.15) is 0 Å². The summed E-state index contributed by atoms with van der Waals surface area (Å²) in [7, 11) is 1.68. The molecule has 1 aliphatic rings. The molecule has 1 aliphatic heterocycles. The molecule has 0 saturated heterocycles. The van der Waals surface area contributed by atoms with E-state index in [1.807, 2.05) is 26.8 Å². The van der Waals surface area contributed by atoms with Gasteiger partial charge in [-0.15, -0.1) is 0 Å². The number of amides is 2. The van der Waals surface area contributed by atoms with Gasteiger partial charge in [0.2, 0.25) is 11.8 Å². The number of nitrogens with zero attached hydrogens (tertiary/aromatic N) is 2. The molecule has 0 bridgehead atoms. The smallest absolute Gasteiger partial charge is 0.240 e. The van der Waals surface area contributed by atoms with Crippen LogP contribution in [0.4, 0.5) is 0 Å². The predicted octanol–water partition coefficient (Wildman–Crippen LogP) is 1.42. The highest BCUT2D eigenvalue weighted by Gasteiger charge is 2.22. The summed E-state index contributed by atoms with van der Waals surface area (Å²) in [5.74, 6) is -0.147. The summed E-state index contributed by atoms with van der Waals surface area (Å²) in [5.41, 5.74) is 2.38. The van der Waals surface area contributed by atoms with Gasteiger partial charge in [-0.05, 0) is 38.3 Å². The maximum absolute atomic E-state index is 12.3. The van der Waals surface area contributed by atoms with E-state index in [2.05, 4.69) is 28.4 Å². The van der Waals surface area contributed by atoms with Crippen LogP contribution < -0.4 is 5.32 Å². The monoisotopic (exact) mass is 317 g/mol. The zero-order chi connectivity index (χ0) is 17.0. The van der Waals surface area contributed by atoms with Gasteiger partial charge in [0, 0.05) is 25.7 Å². The van der Waals surface area contributed by atoms with Crippen molar-refractivity contribution in [3.8, 4) is 0 Å². The van der Waals surface area contributed by atoms with Crippen LogP contribution in [0.3, 0.4) is 0 Å². The predicted molar refractivity (Wildman–Crippen MR) is 91.0 cm³/mol. The van der Waals surface area contributed by atoms with E-state index in [-0.39, 0.29) is 23.9 Å². The van der Waals surface area contributed by atoms with Crippen molar-refractivity contribution in [3.05, 3.63) is 35.4 Å². The second-order valence-electron chi connectivity index (χ2n) is 7.28. The summed E-state index contributed by atoms with van der Waals surface area (Å²) in [5, 5.41) is 2.88. The maximum Gasteiger partial charge on any atom is 0.240 e. The fourth-order valence-electron chi connectivity index (χ4n) is 2.76. The molecule has 1 N–H and O–H groups in total. The Morgan fingerprint density at radius 2 is 1.87 bits per heavy atom. The lowest BCUT2D eigenvalue weighted by atomic mass is 10.00. The molecular formula is C18H27N3O2. The Morgan fingerprint density at radius 3 is 2.52 bits per heavy atom. The number of fused-ring (bicyclic) bond motifs is 1. The van der Waals surface area contributed by atoms with E-state index in [9.17, 15) is 9.59 Å². The zero-order valence-corrected chi connectivity index (χ0v) is 14.6. The van der Waals surface area contributed by atoms with Gasteiger partial charge < -0.3 is 10.2 Å². The number of carbonyl (C=O) groups is 2. The van der Waals surface area contributed by atoms with Crippen molar-refractivity contribution in [2.45, 2.75) is 39.3 Å². The molecule has 23 heavy (non-hydrogen) atoms. The summed E-state index contributed by atoms with van der Waals surface area (Å²) in [6.45, 7) is 7.91. The number of rotatable bonds is 4. The molecule has 0 atom stereocenters. The lowest BCUT2D eigenvalue weighted by molar-refractivity contribution is -0.136. The van der Waals surface area contributed by atoms with Crippen LogP contribution in [0.25, 0.3) is 0 Å². The normalized spacial score (nSPS) is 15.0. The van der Waals surface area contributed by atoms with Gasteiger partial charge >= 0.3 is 0 Å². The molecule has 2 rings (SSSR count). The molecule has 1 aromatic rings. The van der Waals surface area contributed by atoms with Crippen LogP contribution in [0.5, 0.6) is 0 Å². The molecule has 0 saturated carbocycles. The number of nitrogens with one attached hydrogen (secondary N) is 1. The number of likely N-dealkylation sites (N-methyl/N-ethyl adjacent to an activating group) is 1. The third kappa shape index (κ3) is 5.36. The molecule has 0 aliphatic carbocycles. The number of hydrogen-bond acceptors (Lipinski definition) is 3. The SMILES string of the molecule is CN(CC(=O)NC(C)(C)C)C(=O)CN1CCc2ccccc2C1. The molecule has 126 valence electrons. The quantitative estimate of drug-likeness (QED) is 0.914. The molecule has 1 heterocycles. The molecule has 0 unspecified atom stereocenters. The van der Waals surface area contributed by atoms with Crippen LogP contribution in [-0.2, 0) is 22.6 Å². The van der Waals surface area contributed by atoms with Crippen LogP contribution >= 0.6 is 0 Å². The van der Waals surface area contributed by atoms with Gasteiger partial charge in [0.05, 0.1) is 13.1 Å². The second-order valence-corrected chi connectivity index (χ2v) is 7.28. The van der Waals surface area contributed by atoms with Crippen LogP contribution in [0, 0.1) is 0 Å².